The maximum absolute atomic E-state index is 4.27. The number of nitrogens with zero attached hydrogens (tertiary/aromatic N) is 2. The summed E-state index contributed by atoms with van der Waals surface area (Å²) in [6, 6.07) is 17.7. The minimum Gasteiger partial charge on any atom is -0.326 e. The number of hydrogen-bond donors (Lipinski definition) is 0. The van der Waals surface area contributed by atoms with Gasteiger partial charge >= 0.3 is 0 Å². The van der Waals surface area contributed by atoms with Crippen LogP contribution in [0.1, 0.15) is 42.1 Å². The highest BCUT2D eigenvalue weighted by atomic mass is 15.1. The van der Waals surface area contributed by atoms with Crippen LogP contribution in [-0.4, -0.2) is 9.55 Å². The molecule has 0 aliphatic rings. The Morgan fingerprint density at radius 3 is 1.86 bits per heavy atom. The third-order valence-electron chi connectivity index (χ3n) is 4.28. The Labute approximate surface area is 132 Å². The average Bonchev–Trinajstić information content (AvgIpc) is 3.10. The molecule has 0 radical (unpaired) electrons. The molecule has 2 nitrogen and oxygen atoms in total. The average molecular weight is 290 g/mol. The molecule has 0 atom stereocenters. The van der Waals surface area contributed by atoms with Crippen molar-refractivity contribution < 1.29 is 0 Å². The van der Waals surface area contributed by atoms with E-state index in [0.717, 1.165) is 12.8 Å². The van der Waals surface area contributed by atoms with Crippen molar-refractivity contribution in [1.82, 2.24) is 9.55 Å². The molecular weight excluding hydrogens is 268 g/mol. The highest BCUT2D eigenvalue weighted by Crippen LogP contribution is 2.31. The molecule has 0 unspecified atom stereocenters. The number of imidazole rings is 1. The lowest BCUT2D eigenvalue weighted by atomic mass is 9.89. The molecule has 0 saturated carbocycles. The van der Waals surface area contributed by atoms with Crippen LogP contribution in [0.5, 0.6) is 0 Å². The number of rotatable bonds is 5. The van der Waals surface area contributed by atoms with Gasteiger partial charge in [0, 0.05) is 12.4 Å². The van der Waals surface area contributed by atoms with Gasteiger partial charge in [0.15, 0.2) is 0 Å². The predicted molar refractivity (Wildman–Crippen MR) is 91.1 cm³/mol. The number of hydrogen-bond acceptors (Lipinski definition) is 1. The Bertz CT molecular complexity index is 681. The Morgan fingerprint density at radius 1 is 0.864 bits per heavy atom. The SMILES string of the molecule is CCc1ccccc1C(c1ccccc1CC)n1ccnc1. The van der Waals surface area contributed by atoms with E-state index in [2.05, 4.69) is 78.1 Å². The molecule has 3 rings (SSSR count). The minimum absolute atomic E-state index is 0.190. The summed E-state index contributed by atoms with van der Waals surface area (Å²) in [7, 11) is 0. The lowest BCUT2D eigenvalue weighted by Crippen LogP contribution is -2.14. The quantitative estimate of drug-likeness (QED) is 0.669. The van der Waals surface area contributed by atoms with E-state index >= 15 is 0 Å². The van der Waals surface area contributed by atoms with E-state index in [1.807, 2.05) is 12.5 Å². The first-order valence-electron chi connectivity index (χ1n) is 7.98. The number of aryl methyl sites for hydroxylation is 2. The summed E-state index contributed by atoms with van der Waals surface area (Å²) in [5, 5.41) is 0. The molecule has 0 spiro atoms. The molecule has 22 heavy (non-hydrogen) atoms. The van der Waals surface area contributed by atoms with Gasteiger partial charge in [-0.1, -0.05) is 62.4 Å². The maximum atomic E-state index is 4.27. The first-order chi connectivity index (χ1) is 10.8. The number of aromatic nitrogens is 2. The molecule has 1 aromatic heterocycles. The van der Waals surface area contributed by atoms with E-state index in [1.165, 1.54) is 22.3 Å². The second-order valence-corrected chi connectivity index (χ2v) is 5.52. The smallest absolute Gasteiger partial charge is 0.0954 e. The van der Waals surface area contributed by atoms with Gasteiger partial charge in [0.05, 0.1) is 12.4 Å². The normalized spacial score (nSPS) is 11.0. The van der Waals surface area contributed by atoms with Crippen molar-refractivity contribution in [2.24, 2.45) is 0 Å². The summed E-state index contributed by atoms with van der Waals surface area (Å²) in [6.45, 7) is 4.44. The van der Waals surface area contributed by atoms with Crippen molar-refractivity contribution in [2.45, 2.75) is 32.7 Å². The standard InChI is InChI=1S/C20H22N2/c1-3-16-9-5-7-11-18(16)20(22-14-13-21-15-22)19-12-8-6-10-17(19)4-2/h5-15,20H,3-4H2,1-2H3. The lowest BCUT2D eigenvalue weighted by Gasteiger charge is -2.24. The molecule has 112 valence electrons. The van der Waals surface area contributed by atoms with Crippen LogP contribution in [0.4, 0.5) is 0 Å². The van der Waals surface area contributed by atoms with Gasteiger partial charge in [-0.15, -0.1) is 0 Å². The van der Waals surface area contributed by atoms with Gasteiger partial charge in [-0.05, 0) is 35.1 Å². The van der Waals surface area contributed by atoms with E-state index < -0.39 is 0 Å². The molecule has 0 aliphatic carbocycles. The highest BCUT2D eigenvalue weighted by molar-refractivity contribution is 5.42. The van der Waals surface area contributed by atoms with E-state index in [9.17, 15) is 0 Å². The van der Waals surface area contributed by atoms with Crippen LogP contribution in [0.2, 0.25) is 0 Å². The summed E-state index contributed by atoms with van der Waals surface area (Å²) in [5.41, 5.74) is 5.52. The van der Waals surface area contributed by atoms with Crippen molar-refractivity contribution in [2.75, 3.05) is 0 Å². The Morgan fingerprint density at radius 2 is 1.41 bits per heavy atom. The van der Waals surface area contributed by atoms with Gasteiger partial charge in [0.25, 0.3) is 0 Å². The molecular formula is C20H22N2. The van der Waals surface area contributed by atoms with Crippen LogP contribution in [0.25, 0.3) is 0 Å². The monoisotopic (exact) mass is 290 g/mol. The van der Waals surface area contributed by atoms with Crippen LogP contribution in [0.3, 0.4) is 0 Å². The molecule has 2 aromatic carbocycles. The first-order valence-corrected chi connectivity index (χ1v) is 7.98. The van der Waals surface area contributed by atoms with Gasteiger partial charge in [-0.25, -0.2) is 4.98 Å². The second kappa shape index (κ2) is 6.61. The van der Waals surface area contributed by atoms with Crippen molar-refractivity contribution in [3.05, 3.63) is 89.5 Å². The fourth-order valence-corrected chi connectivity index (χ4v) is 3.16. The van der Waals surface area contributed by atoms with Crippen LogP contribution >= 0.6 is 0 Å². The van der Waals surface area contributed by atoms with Gasteiger partial charge < -0.3 is 4.57 Å². The summed E-state index contributed by atoms with van der Waals surface area (Å²) in [6.07, 6.45) is 7.91. The van der Waals surface area contributed by atoms with E-state index in [4.69, 9.17) is 0 Å². The predicted octanol–water partition coefficient (Wildman–Crippen LogP) is 4.65. The molecule has 1 heterocycles. The third kappa shape index (κ3) is 2.69. The van der Waals surface area contributed by atoms with Crippen LogP contribution in [0.15, 0.2) is 67.3 Å². The zero-order chi connectivity index (χ0) is 15.4. The van der Waals surface area contributed by atoms with Crippen LogP contribution < -0.4 is 0 Å². The van der Waals surface area contributed by atoms with Gasteiger partial charge in [-0.2, -0.15) is 0 Å². The molecule has 3 aromatic rings. The van der Waals surface area contributed by atoms with Crippen LogP contribution in [-0.2, 0) is 12.8 Å². The van der Waals surface area contributed by atoms with E-state index in [-0.39, 0.29) is 6.04 Å². The Kier molecular flexibility index (Phi) is 4.38. The van der Waals surface area contributed by atoms with Crippen LogP contribution in [0, 0.1) is 0 Å². The van der Waals surface area contributed by atoms with Crippen molar-refractivity contribution in [3.8, 4) is 0 Å². The third-order valence-corrected chi connectivity index (χ3v) is 4.28. The first kappa shape index (κ1) is 14.6. The molecule has 0 bridgehead atoms. The summed E-state index contributed by atoms with van der Waals surface area (Å²) in [4.78, 5) is 4.27. The lowest BCUT2D eigenvalue weighted by molar-refractivity contribution is 0.663. The highest BCUT2D eigenvalue weighted by Gasteiger charge is 2.20. The van der Waals surface area contributed by atoms with Gasteiger partial charge in [-0.3, -0.25) is 0 Å². The molecule has 0 amide bonds. The summed E-state index contributed by atoms with van der Waals surface area (Å²) >= 11 is 0. The van der Waals surface area contributed by atoms with Crippen molar-refractivity contribution in [1.29, 1.82) is 0 Å². The maximum Gasteiger partial charge on any atom is 0.0954 e. The zero-order valence-electron chi connectivity index (χ0n) is 13.2. The molecule has 0 aliphatic heterocycles. The van der Waals surface area contributed by atoms with E-state index in [1.54, 1.807) is 0 Å². The van der Waals surface area contributed by atoms with Gasteiger partial charge in [0.1, 0.15) is 0 Å². The van der Waals surface area contributed by atoms with Crippen molar-refractivity contribution >= 4 is 0 Å². The number of benzene rings is 2. The summed E-state index contributed by atoms with van der Waals surface area (Å²) < 4.78 is 2.21. The summed E-state index contributed by atoms with van der Waals surface area (Å²) in [5.74, 6) is 0. The molecule has 2 heteroatoms. The van der Waals surface area contributed by atoms with Crippen molar-refractivity contribution in [3.63, 3.8) is 0 Å². The minimum atomic E-state index is 0.190. The molecule has 0 N–H and O–H groups in total. The fraction of sp³-hybridized carbons (Fsp3) is 0.250. The molecule has 0 saturated heterocycles. The van der Waals surface area contributed by atoms with Gasteiger partial charge in [0.2, 0.25) is 0 Å². The largest absolute Gasteiger partial charge is 0.326 e. The fourth-order valence-electron chi connectivity index (χ4n) is 3.16. The Hall–Kier alpha value is -2.35. The molecule has 0 fully saturated rings. The Balaban J connectivity index is 2.21. The van der Waals surface area contributed by atoms with E-state index in [0.29, 0.717) is 0 Å². The second-order valence-electron chi connectivity index (χ2n) is 5.52. The topological polar surface area (TPSA) is 17.8 Å². The zero-order valence-corrected chi connectivity index (χ0v) is 13.2.